The van der Waals surface area contributed by atoms with Crippen LogP contribution in [0.15, 0.2) is 42.6 Å². The lowest BCUT2D eigenvalue weighted by atomic mass is 10.1. The summed E-state index contributed by atoms with van der Waals surface area (Å²) in [7, 11) is 2.91. The maximum absolute atomic E-state index is 12.2. The normalized spacial score (nSPS) is 10.0. The molecule has 1 aromatic carbocycles. The predicted octanol–water partition coefficient (Wildman–Crippen LogP) is 1.38. The van der Waals surface area contributed by atoms with E-state index < -0.39 is 18.4 Å². The van der Waals surface area contributed by atoms with Crippen LogP contribution < -0.4 is 14.2 Å². The zero-order valence-electron chi connectivity index (χ0n) is 12.6. The van der Waals surface area contributed by atoms with Crippen LogP contribution in [-0.4, -0.2) is 32.6 Å². The predicted molar refractivity (Wildman–Crippen MR) is 79.6 cm³/mol. The van der Waals surface area contributed by atoms with E-state index in [4.69, 9.17) is 14.2 Å². The molecule has 0 bridgehead atoms. The monoisotopic (exact) mass is 317 g/mol. The molecule has 0 aliphatic carbocycles. The Balaban J connectivity index is 2.08. The summed E-state index contributed by atoms with van der Waals surface area (Å²) in [4.78, 5) is 24.0. The van der Waals surface area contributed by atoms with Gasteiger partial charge in [0.25, 0.3) is 0 Å². The van der Waals surface area contributed by atoms with Gasteiger partial charge in [-0.3, -0.25) is 4.79 Å². The third-order valence-electron chi connectivity index (χ3n) is 3.08. The number of Topliss-reactive ketones (excluding diaryl/α,β-unsaturated/α-hetero) is 1. The largest absolute Gasteiger partial charge is 0.618 e. The van der Waals surface area contributed by atoms with E-state index in [1.807, 2.05) is 0 Å². The average Bonchev–Trinajstić information content (AvgIpc) is 2.59. The fourth-order valence-electron chi connectivity index (χ4n) is 1.90. The molecule has 0 unspecified atom stereocenters. The Labute approximate surface area is 132 Å². The van der Waals surface area contributed by atoms with Crippen LogP contribution in [0.5, 0.6) is 11.5 Å². The second-order valence-electron chi connectivity index (χ2n) is 4.48. The molecule has 0 aliphatic rings. The third-order valence-corrected chi connectivity index (χ3v) is 3.08. The van der Waals surface area contributed by atoms with E-state index in [9.17, 15) is 14.8 Å². The Morgan fingerprint density at radius 1 is 1.13 bits per heavy atom. The van der Waals surface area contributed by atoms with Gasteiger partial charge in [0, 0.05) is 18.2 Å². The zero-order valence-corrected chi connectivity index (χ0v) is 12.6. The highest BCUT2D eigenvalue weighted by atomic mass is 16.5. The van der Waals surface area contributed by atoms with Crippen LogP contribution in [0.2, 0.25) is 0 Å². The number of aromatic nitrogens is 1. The molecule has 1 aromatic heterocycles. The van der Waals surface area contributed by atoms with Crippen LogP contribution in [0.3, 0.4) is 0 Å². The maximum atomic E-state index is 12.2. The average molecular weight is 317 g/mol. The Hall–Kier alpha value is -3.09. The third kappa shape index (κ3) is 3.76. The standard InChI is InChI=1S/C16H15NO6/c1-21-11-6-7-12(15(9-11)22-2)14(18)10-23-16(19)13-5-3-4-8-17(13)20/h3-9H,10H2,1-2H3. The smallest absolute Gasteiger partial charge is 0.405 e. The Morgan fingerprint density at radius 3 is 2.57 bits per heavy atom. The molecule has 2 aromatic rings. The fraction of sp³-hybridized carbons (Fsp3) is 0.188. The number of ether oxygens (including phenoxy) is 3. The summed E-state index contributed by atoms with van der Waals surface area (Å²) in [5, 5.41) is 11.4. The summed E-state index contributed by atoms with van der Waals surface area (Å²) in [5.74, 6) is -0.483. The van der Waals surface area contributed by atoms with Crippen molar-refractivity contribution in [2.75, 3.05) is 20.8 Å². The number of methoxy groups -OCH3 is 2. The van der Waals surface area contributed by atoms with Gasteiger partial charge in [0.1, 0.15) is 11.5 Å². The number of esters is 1. The van der Waals surface area contributed by atoms with Gasteiger partial charge in [-0.2, -0.15) is 4.73 Å². The molecule has 0 spiro atoms. The van der Waals surface area contributed by atoms with Gasteiger partial charge in [0.15, 0.2) is 12.8 Å². The second kappa shape index (κ2) is 7.26. The highest BCUT2D eigenvalue weighted by Gasteiger charge is 2.20. The highest BCUT2D eigenvalue weighted by molar-refractivity contribution is 6.01. The van der Waals surface area contributed by atoms with Gasteiger partial charge in [-0.05, 0) is 18.2 Å². The lowest BCUT2D eigenvalue weighted by Gasteiger charge is -2.10. The molecule has 0 N–H and O–H groups in total. The van der Waals surface area contributed by atoms with Crippen molar-refractivity contribution in [1.29, 1.82) is 0 Å². The summed E-state index contributed by atoms with van der Waals surface area (Å²) in [6.07, 6.45) is 1.17. The fourth-order valence-corrected chi connectivity index (χ4v) is 1.90. The van der Waals surface area contributed by atoms with Crippen molar-refractivity contribution in [1.82, 2.24) is 0 Å². The zero-order chi connectivity index (χ0) is 16.8. The van der Waals surface area contributed by atoms with Gasteiger partial charge in [0.2, 0.25) is 5.78 Å². The van der Waals surface area contributed by atoms with Crippen LogP contribution in [0.25, 0.3) is 0 Å². The van der Waals surface area contributed by atoms with Crippen LogP contribution in [0, 0.1) is 5.21 Å². The molecule has 23 heavy (non-hydrogen) atoms. The Kier molecular flexibility index (Phi) is 5.14. The van der Waals surface area contributed by atoms with Gasteiger partial charge in [-0.1, -0.05) is 0 Å². The second-order valence-corrected chi connectivity index (χ2v) is 4.48. The van der Waals surface area contributed by atoms with E-state index in [0.717, 1.165) is 0 Å². The van der Waals surface area contributed by atoms with E-state index in [1.54, 1.807) is 12.1 Å². The molecule has 1 heterocycles. The van der Waals surface area contributed by atoms with Crippen molar-refractivity contribution in [3.8, 4) is 11.5 Å². The van der Waals surface area contributed by atoms with Crippen molar-refractivity contribution in [2.24, 2.45) is 0 Å². The molecule has 0 radical (unpaired) electrons. The van der Waals surface area contributed by atoms with E-state index in [-0.39, 0.29) is 11.3 Å². The molecule has 0 amide bonds. The summed E-state index contributed by atoms with van der Waals surface area (Å²) in [6.45, 7) is -0.504. The molecule has 0 saturated heterocycles. The molecule has 7 nitrogen and oxygen atoms in total. The molecule has 0 fully saturated rings. The van der Waals surface area contributed by atoms with Gasteiger partial charge < -0.3 is 19.4 Å². The summed E-state index contributed by atoms with van der Waals surface area (Å²) in [6, 6.07) is 8.99. The Morgan fingerprint density at radius 2 is 1.91 bits per heavy atom. The first-order chi connectivity index (χ1) is 11.1. The molecule has 0 saturated carbocycles. The van der Waals surface area contributed by atoms with E-state index >= 15 is 0 Å². The number of hydrogen-bond acceptors (Lipinski definition) is 6. The Bertz CT molecular complexity index is 728. The molecule has 7 heteroatoms. The molecular weight excluding hydrogens is 302 g/mol. The summed E-state index contributed by atoms with van der Waals surface area (Å²) < 4.78 is 15.4. The quantitative estimate of drug-likeness (QED) is 0.346. The number of carbonyl (C=O) groups is 2. The van der Waals surface area contributed by atoms with Crippen molar-refractivity contribution in [2.45, 2.75) is 0 Å². The van der Waals surface area contributed by atoms with Crippen molar-refractivity contribution >= 4 is 11.8 Å². The number of rotatable bonds is 6. The number of pyridine rings is 1. The topological polar surface area (TPSA) is 88.8 Å². The first-order valence-electron chi connectivity index (χ1n) is 6.67. The summed E-state index contributed by atoms with van der Waals surface area (Å²) >= 11 is 0. The summed E-state index contributed by atoms with van der Waals surface area (Å²) in [5.41, 5.74) is 0.0613. The van der Waals surface area contributed by atoms with Gasteiger partial charge in [-0.15, -0.1) is 0 Å². The van der Waals surface area contributed by atoms with Crippen LogP contribution in [-0.2, 0) is 4.74 Å². The molecule has 120 valence electrons. The first-order valence-corrected chi connectivity index (χ1v) is 6.67. The number of ketones is 1. The van der Waals surface area contributed by atoms with E-state index in [1.165, 1.54) is 44.7 Å². The van der Waals surface area contributed by atoms with E-state index in [2.05, 4.69) is 0 Å². The molecule has 2 rings (SSSR count). The first kappa shape index (κ1) is 16.3. The van der Waals surface area contributed by atoms with Crippen LogP contribution in [0.4, 0.5) is 0 Å². The van der Waals surface area contributed by atoms with Crippen molar-refractivity contribution in [3.63, 3.8) is 0 Å². The lowest BCUT2D eigenvalue weighted by Crippen LogP contribution is -2.35. The molecule has 0 atom stereocenters. The van der Waals surface area contributed by atoms with E-state index in [0.29, 0.717) is 16.2 Å². The lowest BCUT2D eigenvalue weighted by molar-refractivity contribution is -0.608. The van der Waals surface area contributed by atoms with Gasteiger partial charge >= 0.3 is 11.7 Å². The minimum atomic E-state index is -0.874. The molecule has 0 aliphatic heterocycles. The van der Waals surface area contributed by atoms with Gasteiger partial charge in [-0.25, -0.2) is 4.79 Å². The number of carbonyl (C=O) groups excluding carboxylic acids is 2. The minimum absolute atomic E-state index is 0.193. The van der Waals surface area contributed by atoms with Crippen molar-refractivity contribution < 1.29 is 28.5 Å². The van der Waals surface area contributed by atoms with Crippen molar-refractivity contribution in [3.05, 3.63) is 59.1 Å². The molecular formula is C16H15NO6. The van der Waals surface area contributed by atoms with Crippen LogP contribution in [0.1, 0.15) is 20.8 Å². The number of hydrogen-bond donors (Lipinski definition) is 0. The highest BCUT2D eigenvalue weighted by Crippen LogP contribution is 2.25. The minimum Gasteiger partial charge on any atom is -0.618 e. The van der Waals surface area contributed by atoms with Crippen LogP contribution >= 0.6 is 0 Å². The maximum Gasteiger partial charge on any atom is 0.405 e. The number of nitrogens with zero attached hydrogens (tertiary/aromatic N) is 1. The number of benzene rings is 1. The van der Waals surface area contributed by atoms with Gasteiger partial charge in [0.05, 0.1) is 19.8 Å². The SMILES string of the molecule is COc1ccc(C(=O)COC(=O)c2cccc[n+]2[O-])c(OC)c1.